The number of hydrogen-bond acceptors (Lipinski definition) is 4. The van der Waals surface area contributed by atoms with Gasteiger partial charge in [0.25, 0.3) is 0 Å². The third-order valence-electron chi connectivity index (χ3n) is 11.1. The first-order chi connectivity index (χ1) is 29.4. The molecule has 0 unspecified atom stereocenters. The maximum absolute atomic E-state index is 14.4. The summed E-state index contributed by atoms with van der Waals surface area (Å²) < 4.78 is 98.7. The minimum atomic E-state index is -4.79. The molecule has 0 radical (unpaired) electrons. The van der Waals surface area contributed by atoms with Gasteiger partial charge in [-0.2, -0.15) is 26.3 Å². The molecule has 4 nitrogen and oxygen atoms in total. The van der Waals surface area contributed by atoms with Crippen LogP contribution in [0.1, 0.15) is 33.4 Å². The number of alkyl halides is 6. The van der Waals surface area contributed by atoms with Crippen LogP contribution in [0, 0.1) is 0 Å². The van der Waals surface area contributed by atoms with E-state index in [-0.39, 0.29) is 11.5 Å². The number of hydrogen-bond donors (Lipinski definition) is 2. The maximum atomic E-state index is 14.4. The SMILES string of the molecule is Nc1cccc(Oc2ccc(C3(c4ccc(Oc5cccc(N)c5C(F)(F)F)c(-c5ccccc5)c4)c4ccccc4-c4ccccc43)cc2-c2ccccc2)c1C(F)(F)F. The van der Waals surface area contributed by atoms with E-state index in [0.29, 0.717) is 22.3 Å². The van der Waals surface area contributed by atoms with Gasteiger partial charge in [-0.15, -0.1) is 0 Å². The molecule has 1 aliphatic rings. The molecule has 9 rings (SSSR count). The van der Waals surface area contributed by atoms with Crippen LogP contribution >= 0.6 is 0 Å². The van der Waals surface area contributed by atoms with Crippen LogP contribution in [-0.2, 0) is 17.8 Å². The monoisotopic (exact) mass is 820 g/mol. The summed E-state index contributed by atoms with van der Waals surface area (Å²) in [5, 5.41) is 0. The lowest BCUT2D eigenvalue weighted by molar-refractivity contribution is -0.138. The van der Waals surface area contributed by atoms with Gasteiger partial charge in [-0.25, -0.2) is 0 Å². The Morgan fingerprint density at radius 1 is 0.361 bits per heavy atom. The molecule has 8 aromatic carbocycles. The van der Waals surface area contributed by atoms with Gasteiger partial charge >= 0.3 is 12.4 Å². The summed E-state index contributed by atoms with van der Waals surface area (Å²) in [6, 6.07) is 52.9. The summed E-state index contributed by atoms with van der Waals surface area (Å²) in [4.78, 5) is 0. The highest BCUT2D eigenvalue weighted by molar-refractivity contribution is 5.88. The van der Waals surface area contributed by atoms with Crippen molar-refractivity contribution in [1.29, 1.82) is 0 Å². The van der Waals surface area contributed by atoms with E-state index in [1.54, 1.807) is 12.1 Å². The number of anilines is 2. The first-order valence-corrected chi connectivity index (χ1v) is 19.2. The Labute approximate surface area is 347 Å². The Hall–Kier alpha value is -7.46. The minimum absolute atomic E-state index is 0.164. The molecule has 0 heterocycles. The van der Waals surface area contributed by atoms with E-state index in [9.17, 15) is 26.3 Å². The Kier molecular flexibility index (Phi) is 9.58. The summed E-state index contributed by atoms with van der Waals surface area (Å²) in [5.74, 6) is -0.560. The predicted octanol–water partition coefficient (Wildman–Crippen LogP) is 14.2. The van der Waals surface area contributed by atoms with Gasteiger partial charge in [0.15, 0.2) is 0 Å². The number of nitrogens with two attached hydrogens (primary N) is 2. The Balaban J connectivity index is 1.31. The lowest BCUT2D eigenvalue weighted by Crippen LogP contribution is -2.28. The Morgan fingerprint density at radius 2 is 0.738 bits per heavy atom. The molecule has 0 saturated carbocycles. The van der Waals surface area contributed by atoms with Crippen LogP contribution < -0.4 is 20.9 Å². The smallest absolute Gasteiger partial charge is 0.421 e. The number of rotatable bonds is 8. The van der Waals surface area contributed by atoms with E-state index in [2.05, 4.69) is 0 Å². The van der Waals surface area contributed by atoms with Crippen LogP contribution in [0.25, 0.3) is 33.4 Å². The molecule has 0 atom stereocenters. The number of benzene rings is 8. The summed E-state index contributed by atoms with van der Waals surface area (Å²) in [6.45, 7) is 0. The van der Waals surface area contributed by atoms with Crippen LogP contribution in [0.2, 0.25) is 0 Å². The van der Waals surface area contributed by atoms with E-state index in [1.165, 1.54) is 36.4 Å². The highest BCUT2D eigenvalue weighted by atomic mass is 19.4. The zero-order valence-corrected chi connectivity index (χ0v) is 32.1. The highest BCUT2D eigenvalue weighted by Gasteiger charge is 2.47. The number of halogens is 6. The van der Waals surface area contributed by atoms with E-state index in [4.69, 9.17) is 20.9 Å². The molecular weight excluding hydrogens is 787 g/mol. The molecule has 0 fully saturated rings. The fraction of sp³-hybridized carbons (Fsp3) is 0.0588. The summed E-state index contributed by atoms with van der Waals surface area (Å²) in [5.41, 5.74) is 15.2. The molecule has 10 heteroatoms. The largest absolute Gasteiger partial charge is 0.456 e. The summed E-state index contributed by atoms with van der Waals surface area (Å²) >= 11 is 0. The highest BCUT2D eigenvalue weighted by Crippen LogP contribution is 2.58. The van der Waals surface area contributed by atoms with Gasteiger partial charge in [-0.3, -0.25) is 0 Å². The lowest BCUT2D eigenvalue weighted by Gasteiger charge is -2.35. The zero-order chi connectivity index (χ0) is 42.5. The topological polar surface area (TPSA) is 70.5 Å². The number of ether oxygens (including phenoxy) is 2. The maximum Gasteiger partial charge on any atom is 0.421 e. The second-order valence-corrected chi connectivity index (χ2v) is 14.6. The Bertz CT molecular complexity index is 2730. The molecule has 302 valence electrons. The van der Waals surface area contributed by atoms with Crippen molar-refractivity contribution in [3.8, 4) is 56.4 Å². The summed E-state index contributed by atoms with van der Waals surface area (Å²) in [6.07, 6.45) is -9.58. The van der Waals surface area contributed by atoms with Gasteiger partial charge in [0, 0.05) is 22.5 Å². The molecule has 0 saturated heterocycles. The van der Waals surface area contributed by atoms with Crippen molar-refractivity contribution in [3.63, 3.8) is 0 Å². The first kappa shape index (κ1) is 39.0. The van der Waals surface area contributed by atoms with Crippen LogP contribution in [-0.4, -0.2) is 0 Å². The fourth-order valence-corrected chi connectivity index (χ4v) is 8.52. The van der Waals surface area contributed by atoms with E-state index < -0.39 is 51.8 Å². The van der Waals surface area contributed by atoms with E-state index in [1.807, 2.05) is 133 Å². The quantitative estimate of drug-likeness (QED) is 0.118. The second kappa shape index (κ2) is 15.0. The van der Waals surface area contributed by atoms with Gasteiger partial charge in [0.05, 0.1) is 5.41 Å². The molecule has 4 N–H and O–H groups in total. The molecule has 0 aromatic heterocycles. The van der Waals surface area contributed by atoms with Crippen molar-refractivity contribution in [3.05, 3.63) is 215 Å². The van der Waals surface area contributed by atoms with Crippen LogP contribution in [0.4, 0.5) is 37.7 Å². The normalized spacial score (nSPS) is 13.0. The minimum Gasteiger partial charge on any atom is -0.456 e. The predicted molar refractivity (Wildman–Crippen MR) is 226 cm³/mol. The van der Waals surface area contributed by atoms with Gasteiger partial charge in [0.2, 0.25) is 0 Å². The van der Waals surface area contributed by atoms with E-state index in [0.717, 1.165) is 33.4 Å². The molecule has 0 aliphatic heterocycles. The van der Waals surface area contributed by atoms with Crippen molar-refractivity contribution >= 4 is 11.4 Å². The standard InChI is InChI=1S/C51H34F6N2O2/c52-50(53,54)47-41(58)21-11-23-45(47)60-43-27-25-33(29-37(43)31-13-3-1-4-14-31)49(39-19-9-7-17-35(39)36-18-8-10-20-40(36)49)34-26-28-44(38(30-34)32-15-5-2-6-16-32)61-46-24-12-22-42(59)48(46)51(55,56)57/h1-30H,58-59H2. The average Bonchev–Trinajstić information content (AvgIpc) is 3.55. The van der Waals surface area contributed by atoms with Gasteiger partial charge < -0.3 is 20.9 Å². The lowest BCUT2D eigenvalue weighted by atomic mass is 9.67. The van der Waals surface area contributed by atoms with Crippen molar-refractivity contribution in [2.24, 2.45) is 0 Å². The van der Waals surface area contributed by atoms with Gasteiger partial charge in [-0.1, -0.05) is 133 Å². The third-order valence-corrected chi connectivity index (χ3v) is 11.1. The van der Waals surface area contributed by atoms with Crippen molar-refractivity contribution in [2.45, 2.75) is 17.8 Å². The Morgan fingerprint density at radius 3 is 1.13 bits per heavy atom. The zero-order valence-electron chi connectivity index (χ0n) is 32.1. The molecule has 0 amide bonds. The molecule has 0 bridgehead atoms. The molecular formula is C51H34F6N2O2. The first-order valence-electron chi connectivity index (χ1n) is 19.2. The second-order valence-electron chi connectivity index (χ2n) is 14.6. The van der Waals surface area contributed by atoms with Crippen molar-refractivity contribution < 1.29 is 35.8 Å². The molecule has 1 aliphatic carbocycles. The van der Waals surface area contributed by atoms with Crippen LogP contribution in [0.5, 0.6) is 23.0 Å². The average molecular weight is 821 g/mol. The van der Waals surface area contributed by atoms with Crippen LogP contribution in [0.3, 0.4) is 0 Å². The van der Waals surface area contributed by atoms with E-state index >= 15 is 0 Å². The molecule has 8 aromatic rings. The van der Waals surface area contributed by atoms with Gasteiger partial charge in [-0.05, 0) is 93.0 Å². The third kappa shape index (κ3) is 6.79. The van der Waals surface area contributed by atoms with Gasteiger partial charge in [0.1, 0.15) is 34.1 Å². The van der Waals surface area contributed by atoms with Crippen molar-refractivity contribution in [2.75, 3.05) is 11.5 Å². The molecule has 0 spiro atoms. The van der Waals surface area contributed by atoms with Crippen LogP contribution in [0.15, 0.2) is 182 Å². The number of fused-ring (bicyclic) bond motifs is 3. The van der Waals surface area contributed by atoms with Crippen molar-refractivity contribution in [1.82, 2.24) is 0 Å². The fourth-order valence-electron chi connectivity index (χ4n) is 8.52. The molecule has 61 heavy (non-hydrogen) atoms. The summed E-state index contributed by atoms with van der Waals surface area (Å²) in [7, 11) is 0. The number of nitrogen functional groups attached to an aromatic ring is 2.